The number of benzene rings is 1. The van der Waals surface area contributed by atoms with Gasteiger partial charge in [-0.15, -0.1) is 0 Å². The third-order valence-corrected chi connectivity index (χ3v) is 12.5. The van der Waals surface area contributed by atoms with Crippen molar-refractivity contribution in [3.05, 3.63) is 48.2 Å². The van der Waals surface area contributed by atoms with Gasteiger partial charge in [0, 0.05) is 18.0 Å². The van der Waals surface area contributed by atoms with Crippen molar-refractivity contribution in [2.24, 2.45) is 0 Å². The Morgan fingerprint density at radius 3 is 2.24 bits per heavy atom. The molecular formula is C30H46BNO5Si. The molecule has 2 aromatic rings. The molecule has 0 radical (unpaired) electrons. The van der Waals surface area contributed by atoms with Gasteiger partial charge in [-0.25, -0.2) is 0 Å². The molecule has 8 heteroatoms. The topological polar surface area (TPSA) is 59.0 Å². The summed E-state index contributed by atoms with van der Waals surface area (Å²) < 4.78 is 30.7. The first-order chi connectivity index (χ1) is 17.6. The minimum Gasteiger partial charge on any atom is -0.493 e. The van der Waals surface area contributed by atoms with Gasteiger partial charge in [0.25, 0.3) is 0 Å². The van der Waals surface area contributed by atoms with E-state index < -0.39 is 26.6 Å². The van der Waals surface area contributed by atoms with Crippen LogP contribution in [0.15, 0.2) is 42.6 Å². The summed E-state index contributed by atoms with van der Waals surface area (Å²) >= 11 is 0. The highest BCUT2D eigenvalue weighted by Gasteiger charge is 2.50. The summed E-state index contributed by atoms with van der Waals surface area (Å²) in [6, 6.07) is 8.13. The smallest absolute Gasteiger partial charge is 0.487 e. The lowest BCUT2D eigenvalue weighted by molar-refractivity contribution is 0.00578. The molecule has 1 aromatic heterocycles. The van der Waals surface area contributed by atoms with Gasteiger partial charge in [-0.3, -0.25) is 4.98 Å². The molecule has 6 nitrogen and oxygen atoms in total. The maximum atomic E-state index is 6.66. The van der Waals surface area contributed by atoms with Crippen molar-refractivity contribution in [3.63, 3.8) is 0 Å². The third-order valence-electron chi connectivity index (χ3n) is 8.07. The summed E-state index contributed by atoms with van der Waals surface area (Å²) in [5.41, 5.74) is 3.13. The van der Waals surface area contributed by atoms with Gasteiger partial charge < -0.3 is 23.2 Å². The number of methoxy groups -OCH3 is 1. The van der Waals surface area contributed by atoms with E-state index in [9.17, 15) is 0 Å². The van der Waals surface area contributed by atoms with Crippen molar-refractivity contribution in [2.75, 3.05) is 20.3 Å². The Bertz CT molecular complexity index is 1120. The summed E-state index contributed by atoms with van der Waals surface area (Å²) in [7, 11) is -0.812. The number of hydrogen-bond donors (Lipinski definition) is 0. The van der Waals surface area contributed by atoms with Crippen LogP contribution < -0.4 is 9.47 Å². The lowest BCUT2D eigenvalue weighted by Gasteiger charge is -2.36. The quantitative estimate of drug-likeness (QED) is 0.290. The molecule has 3 rings (SSSR count). The number of pyridine rings is 1. The number of rotatable bonds is 10. The number of ether oxygens (including phenoxy) is 2. The summed E-state index contributed by atoms with van der Waals surface area (Å²) in [6.45, 7) is 22.7. The van der Waals surface area contributed by atoms with E-state index in [0.29, 0.717) is 13.2 Å². The van der Waals surface area contributed by atoms with Gasteiger partial charge in [-0.1, -0.05) is 33.8 Å². The second-order valence-electron chi connectivity index (χ2n) is 12.5. The van der Waals surface area contributed by atoms with E-state index in [0.717, 1.165) is 40.2 Å². The van der Waals surface area contributed by atoms with Crippen LogP contribution >= 0.6 is 0 Å². The van der Waals surface area contributed by atoms with Gasteiger partial charge in [0.1, 0.15) is 0 Å². The predicted octanol–water partition coefficient (Wildman–Crippen LogP) is 7.58. The molecule has 0 amide bonds. The highest BCUT2D eigenvalue weighted by atomic mass is 28.4. The Morgan fingerprint density at radius 2 is 1.66 bits per heavy atom. The van der Waals surface area contributed by atoms with Gasteiger partial charge in [-0.05, 0) is 93.1 Å². The zero-order valence-corrected chi connectivity index (χ0v) is 26.2. The molecular weight excluding hydrogens is 493 g/mol. The van der Waals surface area contributed by atoms with Gasteiger partial charge >= 0.3 is 7.12 Å². The SMILES string of the molecule is CCCOc1cc(-c2cncc(/C(=C/B3OC(C)(C)C(C)(C)O3)CO[Si](C)(C)C(C)(C)C)c2)ccc1OC. The minimum atomic E-state index is -1.99. The first-order valence-corrected chi connectivity index (χ1v) is 16.5. The molecule has 1 aliphatic rings. The van der Waals surface area contributed by atoms with E-state index in [1.165, 1.54) is 0 Å². The van der Waals surface area contributed by atoms with Crippen molar-refractivity contribution in [3.8, 4) is 22.6 Å². The largest absolute Gasteiger partial charge is 0.493 e. The normalized spacial score (nSPS) is 17.6. The van der Waals surface area contributed by atoms with Crippen LogP contribution in [-0.4, -0.2) is 51.9 Å². The fourth-order valence-electron chi connectivity index (χ4n) is 3.78. The van der Waals surface area contributed by atoms with Crippen LogP contribution in [0, 0.1) is 0 Å². The van der Waals surface area contributed by atoms with E-state index >= 15 is 0 Å². The molecule has 2 heterocycles. The van der Waals surface area contributed by atoms with Gasteiger partial charge in [0.05, 0.1) is 31.5 Å². The molecule has 0 aliphatic carbocycles. The fraction of sp³-hybridized carbons (Fsp3) is 0.567. The maximum absolute atomic E-state index is 6.66. The summed E-state index contributed by atoms with van der Waals surface area (Å²) in [4.78, 5) is 4.60. The molecule has 0 bridgehead atoms. The van der Waals surface area contributed by atoms with Crippen molar-refractivity contribution in [1.82, 2.24) is 4.98 Å². The molecule has 0 N–H and O–H groups in total. The van der Waals surface area contributed by atoms with Gasteiger partial charge in [0.15, 0.2) is 19.8 Å². The monoisotopic (exact) mass is 539 g/mol. The van der Waals surface area contributed by atoms with E-state index in [-0.39, 0.29) is 5.04 Å². The van der Waals surface area contributed by atoms with Crippen LogP contribution in [0.25, 0.3) is 16.7 Å². The molecule has 0 unspecified atom stereocenters. The van der Waals surface area contributed by atoms with Crippen LogP contribution in [0.5, 0.6) is 11.5 Å². The third kappa shape index (κ3) is 6.89. The average Bonchev–Trinajstić information content (AvgIpc) is 3.05. The molecule has 208 valence electrons. The lowest BCUT2D eigenvalue weighted by Crippen LogP contribution is -2.41. The van der Waals surface area contributed by atoms with E-state index in [4.69, 9.17) is 23.2 Å². The zero-order valence-electron chi connectivity index (χ0n) is 25.2. The Labute approximate surface area is 231 Å². The van der Waals surface area contributed by atoms with Crippen LogP contribution in [0.3, 0.4) is 0 Å². The van der Waals surface area contributed by atoms with Crippen LogP contribution in [0.4, 0.5) is 0 Å². The molecule has 1 fully saturated rings. The van der Waals surface area contributed by atoms with Gasteiger partial charge in [0.2, 0.25) is 0 Å². The van der Waals surface area contributed by atoms with Crippen LogP contribution in [0.2, 0.25) is 18.1 Å². The molecule has 1 aromatic carbocycles. The Morgan fingerprint density at radius 1 is 1.00 bits per heavy atom. The Balaban J connectivity index is 2.00. The predicted molar refractivity (Wildman–Crippen MR) is 159 cm³/mol. The lowest BCUT2D eigenvalue weighted by atomic mass is 9.85. The molecule has 0 atom stereocenters. The second-order valence-corrected chi connectivity index (χ2v) is 17.4. The molecule has 1 aliphatic heterocycles. The van der Waals surface area contributed by atoms with Crippen LogP contribution in [0.1, 0.15) is 67.4 Å². The van der Waals surface area contributed by atoms with Crippen molar-refractivity contribution < 1.29 is 23.2 Å². The minimum absolute atomic E-state index is 0.0978. The standard InChI is InChI=1S/C30H46BNO5Si/c1-12-15-34-27-17-22(13-14-26(27)33-9)23-16-24(20-32-19-23)25(21-35-38(10,11)28(2,3)4)18-31-36-29(5,6)30(7,8)37-31/h13-14,16-20H,12,15,21H2,1-11H3/b25-18+. The molecule has 0 spiro atoms. The fourth-order valence-corrected chi connectivity index (χ4v) is 4.73. The summed E-state index contributed by atoms with van der Waals surface area (Å²) in [6.07, 6.45) is 4.68. The van der Waals surface area contributed by atoms with Crippen LogP contribution in [-0.2, 0) is 13.7 Å². The second kappa shape index (κ2) is 11.5. The molecule has 1 saturated heterocycles. The van der Waals surface area contributed by atoms with Crippen molar-refractivity contribution in [2.45, 2.75) is 91.1 Å². The molecule has 0 saturated carbocycles. The van der Waals surface area contributed by atoms with Gasteiger partial charge in [-0.2, -0.15) is 0 Å². The molecule has 38 heavy (non-hydrogen) atoms. The first-order valence-electron chi connectivity index (χ1n) is 13.6. The van der Waals surface area contributed by atoms with E-state index in [2.05, 4.69) is 79.5 Å². The highest BCUT2D eigenvalue weighted by molar-refractivity contribution is 6.74. The number of hydrogen-bond acceptors (Lipinski definition) is 6. The summed E-state index contributed by atoms with van der Waals surface area (Å²) in [5.74, 6) is 3.50. The number of nitrogens with zero attached hydrogens (tertiary/aromatic N) is 1. The van der Waals surface area contributed by atoms with E-state index in [1.807, 2.05) is 36.6 Å². The Kier molecular flexibility index (Phi) is 9.24. The zero-order chi connectivity index (χ0) is 28.4. The van der Waals surface area contributed by atoms with Crippen molar-refractivity contribution >= 4 is 21.0 Å². The summed E-state index contributed by atoms with van der Waals surface area (Å²) in [5, 5.41) is 0.0978. The average molecular weight is 540 g/mol. The number of aromatic nitrogens is 1. The first kappa shape index (κ1) is 30.4. The van der Waals surface area contributed by atoms with Crippen molar-refractivity contribution in [1.29, 1.82) is 0 Å². The van der Waals surface area contributed by atoms with E-state index in [1.54, 1.807) is 7.11 Å². The highest BCUT2D eigenvalue weighted by Crippen LogP contribution is 2.40. The maximum Gasteiger partial charge on any atom is 0.487 e. The Hall–Kier alpha value is -2.13.